The Hall–Kier alpha value is -1.57. The molecule has 1 nitrogen and oxygen atoms in total. The minimum Gasteiger partial charge on any atom is -0.404 e. The molecule has 0 amide bonds. The molecule has 0 fully saturated rings. The maximum absolute atomic E-state index is 13.2. The molecule has 0 bridgehead atoms. The third kappa shape index (κ3) is 1.78. The van der Waals surface area contributed by atoms with Crippen LogP contribution < -0.4 is 16.2 Å². The highest BCUT2D eigenvalue weighted by molar-refractivity contribution is 5.41. The van der Waals surface area contributed by atoms with Gasteiger partial charge in [0.15, 0.2) is 0 Å². The van der Waals surface area contributed by atoms with E-state index in [1.54, 1.807) is 18.2 Å². The predicted octanol–water partition coefficient (Wildman–Crippen LogP) is 0.797. The van der Waals surface area contributed by atoms with Crippen molar-refractivity contribution in [3.8, 4) is 0 Å². The van der Waals surface area contributed by atoms with Crippen LogP contribution in [-0.2, 0) is 0 Å². The molecule has 13 heavy (non-hydrogen) atoms. The van der Waals surface area contributed by atoms with E-state index in [0.29, 0.717) is 5.22 Å². The van der Waals surface area contributed by atoms with Crippen LogP contribution in [0.3, 0.4) is 0 Å². The maximum Gasteiger partial charge on any atom is 0.132 e. The van der Waals surface area contributed by atoms with Crippen LogP contribution in [0.2, 0.25) is 0 Å². The predicted molar refractivity (Wildman–Crippen MR) is 53.7 cm³/mol. The van der Waals surface area contributed by atoms with Gasteiger partial charge in [-0.2, -0.15) is 0 Å². The van der Waals surface area contributed by atoms with Gasteiger partial charge in [0.2, 0.25) is 0 Å². The number of allylic oxidation sites excluding steroid dienone is 1. The first kappa shape index (κ1) is 9.52. The molecule has 1 rings (SSSR count). The van der Waals surface area contributed by atoms with E-state index >= 15 is 0 Å². The summed E-state index contributed by atoms with van der Waals surface area (Å²) in [6, 6.07) is 3.13. The van der Waals surface area contributed by atoms with Gasteiger partial charge in [-0.3, -0.25) is 0 Å². The Bertz CT molecular complexity index is 432. The third-order valence-corrected chi connectivity index (χ3v) is 1.90. The molecule has 0 heterocycles. The van der Waals surface area contributed by atoms with Crippen LogP contribution in [-0.4, -0.2) is 0 Å². The molecule has 0 unspecified atom stereocenters. The summed E-state index contributed by atoms with van der Waals surface area (Å²) < 4.78 is 13.2. The number of aryl methyl sites for hydroxylation is 1. The standard InChI is InChI=1S/C11H12FN/c1-3-4-9-8(2)5-6-11(12)10(9)7-13/h3-7H,1,13H2,2H3/b9-4-,10-7+. The van der Waals surface area contributed by atoms with Gasteiger partial charge >= 0.3 is 0 Å². The molecule has 0 aliphatic carbocycles. The molecule has 0 saturated carbocycles. The van der Waals surface area contributed by atoms with Gasteiger partial charge in [-0.15, -0.1) is 0 Å². The van der Waals surface area contributed by atoms with E-state index in [9.17, 15) is 4.39 Å². The molecule has 0 aliphatic rings. The molecule has 0 aliphatic heterocycles. The van der Waals surface area contributed by atoms with E-state index in [4.69, 9.17) is 5.73 Å². The molecular weight excluding hydrogens is 165 g/mol. The van der Waals surface area contributed by atoms with Crippen LogP contribution >= 0.6 is 0 Å². The van der Waals surface area contributed by atoms with Crippen LogP contribution in [0.4, 0.5) is 4.39 Å². The molecule has 0 radical (unpaired) electrons. The Morgan fingerprint density at radius 1 is 1.38 bits per heavy atom. The van der Waals surface area contributed by atoms with Crippen molar-refractivity contribution in [1.29, 1.82) is 0 Å². The molecule has 2 N–H and O–H groups in total. The average Bonchev–Trinajstić information content (AvgIpc) is 2.12. The number of hydrogen-bond acceptors (Lipinski definition) is 1. The van der Waals surface area contributed by atoms with Crippen LogP contribution in [0, 0.1) is 12.7 Å². The Morgan fingerprint density at radius 3 is 2.62 bits per heavy atom. The number of rotatable bonds is 1. The van der Waals surface area contributed by atoms with Gasteiger partial charge in [0.05, 0.1) is 0 Å². The van der Waals surface area contributed by atoms with E-state index in [1.807, 2.05) is 6.92 Å². The normalized spacial score (nSPS) is 13.4. The van der Waals surface area contributed by atoms with Crippen molar-refractivity contribution in [1.82, 2.24) is 0 Å². The highest BCUT2D eigenvalue weighted by atomic mass is 19.1. The van der Waals surface area contributed by atoms with E-state index in [-0.39, 0.29) is 5.82 Å². The second kappa shape index (κ2) is 3.90. The molecule has 2 heteroatoms. The van der Waals surface area contributed by atoms with Crippen LogP contribution in [0.5, 0.6) is 0 Å². The Balaban J connectivity index is 3.75. The van der Waals surface area contributed by atoms with Crippen molar-refractivity contribution in [3.05, 3.63) is 46.6 Å². The fourth-order valence-electron chi connectivity index (χ4n) is 1.23. The highest BCUT2D eigenvalue weighted by Gasteiger charge is 1.96. The second-order valence-electron chi connectivity index (χ2n) is 2.76. The first-order valence-corrected chi connectivity index (χ1v) is 4.00. The number of nitrogens with two attached hydrogens (primary N) is 1. The van der Waals surface area contributed by atoms with E-state index in [2.05, 4.69) is 6.58 Å². The maximum atomic E-state index is 13.2. The summed E-state index contributed by atoms with van der Waals surface area (Å²) in [5, 5.41) is 1.22. The van der Waals surface area contributed by atoms with Crippen molar-refractivity contribution in [2.75, 3.05) is 0 Å². The van der Waals surface area contributed by atoms with Gasteiger partial charge in [0.25, 0.3) is 0 Å². The average molecular weight is 177 g/mol. The Labute approximate surface area is 76.7 Å². The van der Waals surface area contributed by atoms with Gasteiger partial charge in [-0.05, 0) is 23.8 Å². The summed E-state index contributed by atoms with van der Waals surface area (Å²) in [5.41, 5.74) is 6.32. The monoisotopic (exact) mass is 177 g/mol. The molecule has 0 saturated heterocycles. The lowest BCUT2D eigenvalue weighted by molar-refractivity contribution is 0.616. The first-order chi connectivity index (χ1) is 6.20. The zero-order valence-corrected chi connectivity index (χ0v) is 7.55. The summed E-state index contributed by atoms with van der Waals surface area (Å²) >= 11 is 0. The van der Waals surface area contributed by atoms with Gasteiger partial charge in [-0.1, -0.05) is 24.8 Å². The smallest absolute Gasteiger partial charge is 0.132 e. The molecule has 68 valence electrons. The minimum absolute atomic E-state index is 0.304. The molecule has 0 spiro atoms. The lowest BCUT2D eigenvalue weighted by Gasteiger charge is -1.96. The van der Waals surface area contributed by atoms with Gasteiger partial charge < -0.3 is 5.73 Å². The van der Waals surface area contributed by atoms with Crippen molar-refractivity contribution in [2.45, 2.75) is 6.92 Å². The summed E-state index contributed by atoms with van der Waals surface area (Å²) in [7, 11) is 0. The van der Waals surface area contributed by atoms with Crippen LogP contribution in [0.15, 0.2) is 24.8 Å². The quantitative estimate of drug-likeness (QED) is 0.674. The summed E-state index contributed by atoms with van der Waals surface area (Å²) in [6.07, 6.45) is 4.64. The summed E-state index contributed by atoms with van der Waals surface area (Å²) in [5.74, 6) is -0.304. The van der Waals surface area contributed by atoms with E-state index < -0.39 is 0 Å². The Kier molecular flexibility index (Phi) is 2.85. The first-order valence-electron chi connectivity index (χ1n) is 4.00. The van der Waals surface area contributed by atoms with Gasteiger partial charge in [0, 0.05) is 11.4 Å². The molecule has 1 aromatic rings. The highest BCUT2D eigenvalue weighted by Crippen LogP contribution is 1.89. The summed E-state index contributed by atoms with van der Waals surface area (Å²) in [6.45, 7) is 5.47. The SMILES string of the molecule is C=C/C=c1/c(C)ccc(F)/c1=C/N. The van der Waals surface area contributed by atoms with Crippen molar-refractivity contribution < 1.29 is 4.39 Å². The number of halogens is 1. The number of hydrogen-bond donors (Lipinski definition) is 1. The molecule has 0 atom stereocenters. The molecule has 1 aromatic carbocycles. The largest absolute Gasteiger partial charge is 0.404 e. The van der Waals surface area contributed by atoms with Crippen molar-refractivity contribution >= 4 is 12.3 Å². The molecular formula is C11H12FN. The zero-order chi connectivity index (χ0) is 9.84. The lowest BCUT2D eigenvalue weighted by Crippen LogP contribution is -2.31. The number of benzene rings is 1. The van der Waals surface area contributed by atoms with Gasteiger partial charge in [-0.25, -0.2) is 4.39 Å². The van der Waals surface area contributed by atoms with Crippen LogP contribution in [0.25, 0.3) is 12.3 Å². The fraction of sp³-hybridized carbons (Fsp3) is 0.0909. The van der Waals surface area contributed by atoms with Crippen molar-refractivity contribution in [2.24, 2.45) is 5.73 Å². The second-order valence-corrected chi connectivity index (χ2v) is 2.76. The Morgan fingerprint density at radius 2 is 2.08 bits per heavy atom. The van der Waals surface area contributed by atoms with Crippen molar-refractivity contribution in [3.63, 3.8) is 0 Å². The minimum atomic E-state index is -0.304. The summed E-state index contributed by atoms with van der Waals surface area (Å²) in [4.78, 5) is 0. The third-order valence-electron chi connectivity index (χ3n) is 1.90. The lowest BCUT2D eigenvalue weighted by atomic mass is 10.1. The van der Waals surface area contributed by atoms with Crippen LogP contribution in [0.1, 0.15) is 5.56 Å². The van der Waals surface area contributed by atoms with E-state index in [0.717, 1.165) is 10.8 Å². The fourth-order valence-corrected chi connectivity index (χ4v) is 1.23. The topological polar surface area (TPSA) is 26.0 Å². The van der Waals surface area contributed by atoms with E-state index in [1.165, 1.54) is 12.3 Å². The zero-order valence-electron chi connectivity index (χ0n) is 7.55. The molecule has 0 aromatic heterocycles. The van der Waals surface area contributed by atoms with Gasteiger partial charge in [0.1, 0.15) is 5.82 Å².